The van der Waals surface area contributed by atoms with Crippen molar-refractivity contribution in [2.45, 2.75) is 226 Å². The number of nitrogens with zero attached hydrogens (tertiary/aromatic N) is 4. The summed E-state index contributed by atoms with van der Waals surface area (Å²) in [6.45, 7) is 1.20. The molecule has 9 rings (SSSR count). The molecule has 712 valence electrons. The van der Waals surface area contributed by atoms with Crippen LogP contribution in [0.5, 0.6) is 17.2 Å². The van der Waals surface area contributed by atoms with Crippen LogP contribution in [0, 0.1) is 5.41 Å². The molecule has 5 saturated heterocycles. The maximum absolute atomic E-state index is 15.7. The Labute approximate surface area is 762 Å². The molecule has 1 aromatic heterocycles. The van der Waals surface area contributed by atoms with Gasteiger partial charge in [0.05, 0.1) is 31.1 Å². The zero-order valence-electron chi connectivity index (χ0n) is 72.6. The molecule has 28 N–H and O–H groups in total. The van der Waals surface area contributed by atoms with Gasteiger partial charge in [-0.05, 0) is 163 Å². The first-order valence-corrected chi connectivity index (χ1v) is 45.9. The smallest absolute Gasteiger partial charge is 0.246 e. The highest BCUT2D eigenvalue weighted by Crippen LogP contribution is 2.29. The second-order valence-corrected chi connectivity index (χ2v) is 35.2. The van der Waals surface area contributed by atoms with E-state index in [-0.39, 0.29) is 145 Å². The molecule has 0 unspecified atom stereocenters. The standard InChI is InChI=1S/C84H118N24O21S2/c1-44-70(116)102-62-41-130-131-42-63(77(123)98-57(35-46-14-20-50(110)21-15-46)69(115)68(114)53(10-5-31-91-84(88)89)94-73(119)56(28-30-86)97-79(125)64-11-6-32-106(64)81(127)45(2)93-76(122)61(40-109)101-78(62)124)103-74(120)58(36-47-16-22-51(111)23-17-47)99-72(118)55(26-27-67(87)113)95-71(117)54(9-3-4-29-85)96-80(126)65-12-7-33-107(65)83(129)66-13-8-34-108(66)82(128)60(37-48-18-24-52(112)25-19-48)100-75(121)59(105-104-44)38-49-39-90-43-92-49/h14-25,39,43-45,53-66,104-105,109-112H,3-13,26-38,40-42,85-86H2,1-2H3,(H2,87,113)(H,90,92)(H,93,122)(H,94,119)(H,95,117)(H,96,126)(H,97,125)(H,98,123)(H,99,118)(H,100,121)(H,101,124)(H,102,116)(H,103,120)(H4,88,89,91)/t44-,45-,53-,54-,55-,56-,57-,58-,59-,60-,61-,62-,63+,64+,65+,66-/m0/s1. The van der Waals surface area contributed by atoms with Crippen LogP contribution < -0.4 is 97.6 Å². The number of amides is 15. The number of aromatic nitrogens is 2. The van der Waals surface area contributed by atoms with Crippen molar-refractivity contribution in [1.82, 2.24) is 99.3 Å². The lowest BCUT2D eigenvalue weighted by Gasteiger charge is -2.34. The summed E-state index contributed by atoms with van der Waals surface area (Å²) >= 11 is 0. The highest BCUT2D eigenvalue weighted by atomic mass is 33.1. The van der Waals surface area contributed by atoms with Crippen molar-refractivity contribution in [3.63, 3.8) is 0 Å². The molecule has 5 aliphatic heterocycles. The number of H-pyrrole nitrogens is 1. The number of hydrogen-bond acceptors (Lipinski definition) is 29. The number of carbonyl (C=O) groups excluding carboxylic acids is 17. The lowest BCUT2D eigenvalue weighted by molar-refractivity contribution is -0.148. The van der Waals surface area contributed by atoms with Gasteiger partial charge in [-0.25, -0.2) is 15.8 Å². The molecule has 47 heteroatoms. The van der Waals surface area contributed by atoms with E-state index in [0.29, 0.717) is 24.1 Å². The Morgan fingerprint density at radius 2 is 0.863 bits per heavy atom. The highest BCUT2D eigenvalue weighted by molar-refractivity contribution is 8.76. The van der Waals surface area contributed by atoms with E-state index >= 15 is 47.9 Å². The van der Waals surface area contributed by atoms with Gasteiger partial charge in [-0.3, -0.25) is 86.9 Å². The number of benzene rings is 3. The first-order chi connectivity index (χ1) is 62.6. The van der Waals surface area contributed by atoms with Crippen LogP contribution in [0.15, 0.2) is 85.3 Å². The Morgan fingerprint density at radius 3 is 1.38 bits per heavy atom. The zero-order chi connectivity index (χ0) is 95.1. The number of phenolic OH excluding ortho intramolecular Hbond substituents is 3. The number of ketones is 2. The highest BCUT2D eigenvalue weighted by Gasteiger charge is 2.47. The zero-order valence-corrected chi connectivity index (χ0v) is 74.2. The average molecular weight is 1860 g/mol. The van der Waals surface area contributed by atoms with E-state index in [9.17, 15) is 54.0 Å². The number of Topliss-reactive ketones (excluding diaryl/α,β-unsaturated/α-hetero) is 2. The van der Waals surface area contributed by atoms with Gasteiger partial charge in [0, 0.05) is 81.7 Å². The topological polar surface area (TPSA) is 706 Å². The maximum atomic E-state index is 15.7. The lowest BCUT2D eigenvalue weighted by Crippen LogP contribution is -2.62. The van der Waals surface area contributed by atoms with Crippen LogP contribution in [0.3, 0.4) is 0 Å². The molecule has 45 nitrogen and oxygen atoms in total. The van der Waals surface area contributed by atoms with Crippen molar-refractivity contribution in [1.29, 1.82) is 5.41 Å². The van der Waals surface area contributed by atoms with Crippen molar-refractivity contribution in [3.8, 4) is 17.2 Å². The Hall–Kier alpha value is -12.6. The number of aromatic amines is 1. The fourth-order valence-electron chi connectivity index (χ4n) is 15.7. The fourth-order valence-corrected chi connectivity index (χ4v) is 18.0. The summed E-state index contributed by atoms with van der Waals surface area (Å²) in [5.41, 5.74) is 30.1. The van der Waals surface area contributed by atoms with Crippen LogP contribution in [0.25, 0.3) is 0 Å². The second kappa shape index (κ2) is 50.0. The van der Waals surface area contributed by atoms with Gasteiger partial charge < -0.3 is 127 Å². The van der Waals surface area contributed by atoms with Gasteiger partial charge in [-0.15, -0.1) is 0 Å². The molecule has 5 fully saturated rings. The number of nitrogens with one attached hydrogen (secondary N) is 16. The summed E-state index contributed by atoms with van der Waals surface area (Å²) in [7, 11) is 1.46. The van der Waals surface area contributed by atoms with E-state index in [1.165, 1.54) is 109 Å². The van der Waals surface area contributed by atoms with Gasteiger partial charge in [-0.1, -0.05) is 58.0 Å². The number of nitrogens with two attached hydrogens (primary N) is 4. The van der Waals surface area contributed by atoms with Gasteiger partial charge in [0.25, 0.3) is 0 Å². The second-order valence-electron chi connectivity index (χ2n) is 32.7. The Bertz CT molecular complexity index is 4710. The molecule has 0 radical (unpaired) electrons. The summed E-state index contributed by atoms with van der Waals surface area (Å²) in [5.74, 6) is -19.6. The molecule has 16 atom stereocenters. The third-order valence-corrected chi connectivity index (χ3v) is 25.3. The molecule has 0 aliphatic carbocycles. The lowest BCUT2D eigenvalue weighted by atomic mass is 9.94. The maximum Gasteiger partial charge on any atom is 0.246 e. The van der Waals surface area contributed by atoms with Crippen LogP contribution in [-0.4, -0.2) is 305 Å². The van der Waals surface area contributed by atoms with E-state index in [1.54, 1.807) is 0 Å². The predicted molar refractivity (Wildman–Crippen MR) is 475 cm³/mol. The number of phenols is 3. The predicted octanol–water partition coefficient (Wildman–Crippen LogP) is -6.48. The van der Waals surface area contributed by atoms with Crippen molar-refractivity contribution < 1.29 is 102 Å². The number of guanidine groups is 1. The summed E-state index contributed by atoms with van der Waals surface area (Å²) in [5, 5.41) is 81.1. The van der Waals surface area contributed by atoms with Crippen LogP contribution in [0.2, 0.25) is 0 Å². The first kappa shape index (κ1) is 102. The van der Waals surface area contributed by atoms with E-state index in [4.69, 9.17) is 28.3 Å². The number of primary amides is 1. The molecule has 0 spiro atoms. The Kier molecular flexibility index (Phi) is 39.0. The molecule has 0 saturated carbocycles. The Morgan fingerprint density at radius 1 is 0.435 bits per heavy atom. The summed E-state index contributed by atoms with van der Waals surface area (Å²) < 4.78 is 0. The molecule has 4 aromatic rings. The van der Waals surface area contributed by atoms with Crippen molar-refractivity contribution in [2.24, 2.45) is 22.9 Å². The number of fused-ring (bicyclic) bond motifs is 8. The number of carbonyl (C=O) groups is 17. The number of unbranched alkanes of at least 4 members (excludes halogenated alkanes) is 1. The molecular formula is C84H118N24O21S2. The average Bonchev–Trinajstić information content (AvgIpc) is 1.65. The SMILES string of the molecule is C[C@@H]1NN[C@@H](Cc2cnc[nH]2)C(=O)N[C@@H](Cc2ccc(O)cc2)C(=O)N2CCC[C@H]2C(=O)N2CCC[C@@H]2C(=O)N[C@@H](CCCCN)C(=O)N[C@@H](CCC(N)=O)C(=O)N[C@@H](Cc2ccc(O)cc2)C(=O)N[C@@H]2CSSC[C@H](NC1=O)C(=O)N[C@@H](CO)C(=O)N[C@@H](C)C(=O)N1CCC[C@@H]1C(=O)N[C@@H](CCN)C(=O)N[C@@H](CCCNC(=N)N)C(=O)C(=O)[C@H](Cc1ccc(O)cc1)NC2=O. The van der Waals surface area contributed by atoms with Crippen LogP contribution in [0.1, 0.15) is 126 Å². The number of aliphatic hydroxyl groups is 1. The van der Waals surface area contributed by atoms with Crippen LogP contribution in [-0.2, 0) is 107 Å². The molecule has 3 aromatic carbocycles. The number of rotatable bonds is 22. The minimum Gasteiger partial charge on any atom is -0.508 e. The fraction of sp³-hybridized carbons (Fsp3) is 0.536. The number of imidazole rings is 1. The summed E-state index contributed by atoms with van der Waals surface area (Å²) in [6, 6.07) is -9.48. The van der Waals surface area contributed by atoms with Gasteiger partial charge >= 0.3 is 0 Å². The van der Waals surface area contributed by atoms with Crippen molar-refractivity contribution >= 4 is 128 Å². The van der Waals surface area contributed by atoms with Crippen LogP contribution in [0.4, 0.5) is 0 Å². The van der Waals surface area contributed by atoms with Gasteiger partial charge in [0.1, 0.15) is 95.8 Å². The molecule has 15 amide bonds. The van der Waals surface area contributed by atoms with Crippen molar-refractivity contribution in [3.05, 3.63) is 108 Å². The number of aromatic hydroxyl groups is 3. The number of hydrogen-bond donors (Lipinski definition) is 24. The molecule has 2 bridgehead atoms. The summed E-state index contributed by atoms with van der Waals surface area (Å²) in [4.78, 5) is 264. The third kappa shape index (κ3) is 30.0. The monoisotopic (exact) mass is 1860 g/mol. The normalized spacial score (nSPS) is 26.7. The number of hydrazine groups is 1. The molecule has 5 aliphatic rings. The third-order valence-electron chi connectivity index (χ3n) is 22.9. The van der Waals surface area contributed by atoms with Gasteiger partial charge in [0.2, 0.25) is 100 Å². The van der Waals surface area contributed by atoms with E-state index in [2.05, 4.69) is 84.6 Å². The molecule has 131 heavy (non-hydrogen) atoms. The van der Waals surface area contributed by atoms with Gasteiger partial charge in [0.15, 0.2) is 5.96 Å². The quantitative estimate of drug-likeness (QED) is 0.0114. The van der Waals surface area contributed by atoms with E-state index in [0.717, 1.165) is 26.5 Å². The molecule has 6 heterocycles. The minimum absolute atomic E-state index is 0.0105. The van der Waals surface area contributed by atoms with Crippen molar-refractivity contribution in [2.75, 3.05) is 57.4 Å². The largest absolute Gasteiger partial charge is 0.508 e. The minimum atomic E-state index is -1.97. The Balaban J connectivity index is 1.17. The number of aliphatic hydroxyl groups excluding tert-OH is 1. The summed E-state index contributed by atoms with van der Waals surface area (Å²) in [6.07, 6.45) is 0.822. The molecular weight excluding hydrogens is 1750 g/mol. The van der Waals surface area contributed by atoms with Crippen LogP contribution >= 0.6 is 21.6 Å². The van der Waals surface area contributed by atoms with E-state index < -0.39 is 247 Å². The first-order valence-electron chi connectivity index (χ1n) is 43.4. The van der Waals surface area contributed by atoms with E-state index in [1.807, 2.05) is 0 Å². The van der Waals surface area contributed by atoms with Gasteiger partial charge in [-0.2, -0.15) is 0 Å².